The third-order valence-corrected chi connectivity index (χ3v) is 3.44. The van der Waals surface area contributed by atoms with Crippen LogP contribution in [-0.4, -0.2) is 48.6 Å². The van der Waals surface area contributed by atoms with Crippen molar-refractivity contribution in [1.29, 1.82) is 0 Å². The molecular formula is C10H20ClN3O. The van der Waals surface area contributed by atoms with Crippen molar-refractivity contribution in [3.8, 4) is 0 Å². The smallest absolute Gasteiger partial charge is 0.240 e. The Morgan fingerprint density at radius 1 is 1.27 bits per heavy atom. The molecule has 88 valence electrons. The van der Waals surface area contributed by atoms with Crippen LogP contribution in [0, 0.1) is 0 Å². The number of rotatable bonds is 1. The Labute approximate surface area is 97.2 Å². The molecule has 2 fully saturated rings. The molecule has 0 radical (unpaired) electrons. The number of halogens is 1. The van der Waals surface area contributed by atoms with Gasteiger partial charge in [0, 0.05) is 25.2 Å². The summed E-state index contributed by atoms with van der Waals surface area (Å²) in [5.74, 6) is 0.289. The fraction of sp³-hybridized carbons (Fsp3) is 0.900. The first-order chi connectivity index (χ1) is 6.70. The topological polar surface area (TPSA) is 44.4 Å². The monoisotopic (exact) mass is 233 g/mol. The highest BCUT2D eigenvalue weighted by Crippen LogP contribution is 2.14. The van der Waals surface area contributed by atoms with E-state index >= 15 is 0 Å². The van der Waals surface area contributed by atoms with Crippen LogP contribution in [0.2, 0.25) is 0 Å². The SMILES string of the molecule is CC1NCCN(C(=O)[C@H]2CCN2)C1C.Cl. The van der Waals surface area contributed by atoms with Crippen molar-refractivity contribution < 1.29 is 4.79 Å². The molecule has 15 heavy (non-hydrogen) atoms. The van der Waals surface area contributed by atoms with E-state index in [4.69, 9.17) is 0 Å². The summed E-state index contributed by atoms with van der Waals surface area (Å²) in [5, 5.41) is 6.54. The molecule has 0 spiro atoms. The van der Waals surface area contributed by atoms with Gasteiger partial charge in [0.25, 0.3) is 0 Å². The molecule has 2 aliphatic rings. The molecule has 4 nitrogen and oxygen atoms in total. The summed E-state index contributed by atoms with van der Waals surface area (Å²) >= 11 is 0. The lowest BCUT2D eigenvalue weighted by atomic mass is 10.0. The molecule has 0 aromatic heterocycles. The molecule has 1 amide bonds. The van der Waals surface area contributed by atoms with E-state index in [1.807, 2.05) is 4.90 Å². The summed E-state index contributed by atoms with van der Waals surface area (Å²) in [6, 6.07) is 0.828. The number of nitrogens with zero attached hydrogens (tertiary/aromatic N) is 1. The second-order valence-corrected chi connectivity index (χ2v) is 4.31. The number of amides is 1. The van der Waals surface area contributed by atoms with Crippen LogP contribution >= 0.6 is 12.4 Å². The third kappa shape index (κ3) is 2.44. The maximum Gasteiger partial charge on any atom is 0.240 e. The van der Waals surface area contributed by atoms with Gasteiger partial charge in [0.05, 0.1) is 6.04 Å². The average molecular weight is 234 g/mol. The van der Waals surface area contributed by atoms with Crippen LogP contribution in [0.5, 0.6) is 0 Å². The maximum atomic E-state index is 12.0. The lowest BCUT2D eigenvalue weighted by Crippen LogP contribution is -2.63. The summed E-state index contributed by atoms with van der Waals surface area (Å²) in [6.07, 6.45) is 1.00. The van der Waals surface area contributed by atoms with Crippen LogP contribution in [0.15, 0.2) is 0 Å². The van der Waals surface area contributed by atoms with Crippen LogP contribution in [0.4, 0.5) is 0 Å². The number of carbonyl (C=O) groups excluding carboxylic acids is 1. The normalized spacial score (nSPS) is 35.3. The van der Waals surface area contributed by atoms with Crippen molar-refractivity contribution in [3.05, 3.63) is 0 Å². The van der Waals surface area contributed by atoms with E-state index in [2.05, 4.69) is 24.5 Å². The van der Waals surface area contributed by atoms with Gasteiger partial charge in [-0.25, -0.2) is 0 Å². The van der Waals surface area contributed by atoms with Gasteiger partial charge in [-0.05, 0) is 26.8 Å². The second-order valence-electron chi connectivity index (χ2n) is 4.31. The van der Waals surface area contributed by atoms with Crippen LogP contribution in [0.3, 0.4) is 0 Å². The molecule has 2 saturated heterocycles. The number of hydrogen-bond donors (Lipinski definition) is 2. The zero-order valence-corrected chi connectivity index (χ0v) is 10.1. The third-order valence-electron chi connectivity index (χ3n) is 3.44. The van der Waals surface area contributed by atoms with Crippen molar-refractivity contribution in [3.63, 3.8) is 0 Å². The van der Waals surface area contributed by atoms with Crippen molar-refractivity contribution in [1.82, 2.24) is 15.5 Å². The maximum absolute atomic E-state index is 12.0. The standard InChI is InChI=1S/C10H19N3O.ClH/c1-7-8(2)13(6-5-11-7)10(14)9-3-4-12-9;/h7-9,11-12H,3-6H2,1-2H3;1H/t7?,8?,9-;/m1./s1. The Morgan fingerprint density at radius 3 is 2.47 bits per heavy atom. The number of carbonyl (C=O) groups is 1. The van der Waals surface area contributed by atoms with E-state index in [0.29, 0.717) is 12.1 Å². The molecule has 0 aliphatic carbocycles. The zero-order chi connectivity index (χ0) is 10.1. The van der Waals surface area contributed by atoms with E-state index in [-0.39, 0.29) is 24.4 Å². The Morgan fingerprint density at radius 2 is 1.93 bits per heavy atom. The molecule has 0 aromatic rings. The minimum atomic E-state index is 0. The number of hydrogen-bond acceptors (Lipinski definition) is 3. The first-order valence-electron chi connectivity index (χ1n) is 5.47. The van der Waals surface area contributed by atoms with Crippen LogP contribution in [0.25, 0.3) is 0 Å². The highest BCUT2D eigenvalue weighted by molar-refractivity contribution is 5.85. The minimum Gasteiger partial charge on any atom is -0.336 e. The first-order valence-corrected chi connectivity index (χ1v) is 5.47. The highest BCUT2D eigenvalue weighted by Gasteiger charge is 2.34. The summed E-state index contributed by atoms with van der Waals surface area (Å²) in [4.78, 5) is 14.0. The minimum absolute atomic E-state index is 0. The molecule has 0 saturated carbocycles. The van der Waals surface area contributed by atoms with Gasteiger partial charge in [0.15, 0.2) is 0 Å². The molecule has 0 aromatic carbocycles. The predicted molar refractivity (Wildman–Crippen MR) is 62.3 cm³/mol. The van der Waals surface area contributed by atoms with E-state index in [0.717, 1.165) is 26.1 Å². The Kier molecular flexibility index (Phi) is 4.37. The Hall–Kier alpha value is -0.320. The summed E-state index contributed by atoms with van der Waals surface area (Å²) in [6.45, 7) is 7.02. The van der Waals surface area contributed by atoms with Gasteiger partial charge < -0.3 is 15.5 Å². The lowest BCUT2D eigenvalue weighted by molar-refractivity contribution is -0.138. The van der Waals surface area contributed by atoms with Crippen molar-refractivity contribution >= 4 is 18.3 Å². The second kappa shape index (κ2) is 5.14. The molecule has 0 bridgehead atoms. The first kappa shape index (κ1) is 12.7. The Balaban J connectivity index is 0.00000112. The molecule has 5 heteroatoms. The van der Waals surface area contributed by atoms with E-state index in [9.17, 15) is 4.79 Å². The van der Waals surface area contributed by atoms with Gasteiger partial charge in [0.1, 0.15) is 0 Å². The fourth-order valence-corrected chi connectivity index (χ4v) is 2.07. The summed E-state index contributed by atoms with van der Waals surface area (Å²) in [5.41, 5.74) is 0. The van der Waals surface area contributed by atoms with Gasteiger partial charge in [0.2, 0.25) is 5.91 Å². The predicted octanol–water partition coefficient (Wildman–Crippen LogP) is -0.0211. The summed E-state index contributed by atoms with van der Waals surface area (Å²) in [7, 11) is 0. The zero-order valence-electron chi connectivity index (χ0n) is 9.32. The van der Waals surface area contributed by atoms with Gasteiger partial charge in [-0.2, -0.15) is 0 Å². The molecular weight excluding hydrogens is 214 g/mol. The lowest BCUT2D eigenvalue weighted by Gasteiger charge is -2.42. The Bertz CT molecular complexity index is 233. The van der Waals surface area contributed by atoms with Gasteiger partial charge >= 0.3 is 0 Å². The molecule has 3 atom stereocenters. The number of nitrogens with one attached hydrogen (secondary N) is 2. The molecule has 2 unspecified atom stereocenters. The highest BCUT2D eigenvalue weighted by atomic mass is 35.5. The van der Waals surface area contributed by atoms with E-state index < -0.39 is 0 Å². The van der Waals surface area contributed by atoms with E-state index in [1.54, 1.807) is 0 Å². The molecule has 2 rings (SSSR count). The van der Waals surface area contributed by atoms with Crippen LogP contribution in [-0.2, 0) is 4.79 Å². The van der Waals surface area contributed by atoms with Gasteiger partial charge in [-0.15, -0.1) is 12.4 Å². The molecule has 2 N–H and O–H groups in total. The average Bonchev–Trinajstić information content (AvgIpc) is 2.06. The van der Waals surface area contributed by atoms with Crippen molar-refractivity contribution in [2.75, 3.05) is 19.6 Å². The van der Waals surface area contributed by atoms with Gasteiger partial charge in [-0.3, -0.25) is 4.79 Å². The van der Waals surface area contributed by atoms with Crippen molar-refractivity contribution in [2.45, 2.75) is 38.4 Å². The fourth-order valence-electron chi connectivity index (χ4n) is 2.07. The van der Waals surface area contributed by atoms with E-state index in [1.165, 1.54) is 0 Å². The van der Waals surface area contributed by atoms with Crippen LogP contribution < -0.4 is 10.6 Å². The number of piperazine rings is 1. The quantitative estimate of drug-likeness (QED) is 0.669. The largest absolute Gasteiger partial charge is 0.336 e. The molecule has 2 heterocycles. The van der Waals surface area contributed by atoms with Crippen molar-refractivity contribution in [2.24, 2.45) is 0 Å². The van der Waals surface area contributed by atoms with Crippen LogP contribution in [0.1, 0.15) is 20.3 Å². The van der Waals surface area contributed by atoms with Gasteiger partial charge in [-0.1, -0.05) is 0 Å². The molecule has 2 aliphatic heterocycles. The summed E-state index contributed by atoms with van der Waals surface area (Å²) < 4.78 is 0.